The molecule has 0 aromatic carbocycles. The predicted molar refractivity (Wildman–Crippen MR) is 49.8 cm³/mol. The van der Waals surface area contributed by atoms with E-state index in [0.717, 1.165) is 0 Å². The molecule has 0 N–H and O–H groups in total. The van der Waals surface area contributed by atoms with E-state index >= 15 is 0 Å². The lowest BCUT2D eigenvalue weighted by atomic mass is 10.0. The van der Waals surface area contributed by atoms with Crippen LogP contribution in [0.5, 0.6) is 0 Å². The minimum Gasteiger partial charge on any atom is -0.372 e. The van der Waals surface area contributed by atoms with Gasteiger partial charge in [0.15, 0.2) is 0 Å². The van der Waals surface area contributed by atoms with Crippen molar-refractivity contribution in [1.82, 2.24) is 9.80 Å². The molecule has 0 radical (unpaired) electrons. The molecule has 74 valence electrons. The molecule has 0 atom stereocenters. The molecule has 5 nitrogen and oxygen atoms in total. The highest BCUT2D eigenvalue weighted by Gasteiger charge is 2.40. The van der Waals surface area contributed by atoms with E-state index in [1.165, 1.54) is 0 Å². The molecule has 0 aliphatic carbocycles. The summed E-state index contributed by atoms with van der Waals surface area (Å²) in [5, 5.41) is 10.8. The van der Waals surface area contributed by atoms with Crippen LogP contribution in [0.15, 0.2) is 12.4 Å². The monoisotopic (exact) mass is 185 g/mol. The maximum absolute atomic E-state index is 10.8. The van der Waals surface area contributed by atoms with E-state index in [9.17, 15) is 10.1 Å². The van der Waals surface area contributed by atoms with Crippen molar-refractivity contribution in [3.8, 4) is 0 Å². The largest absolute Gasteiger partial charge is 0.372 e. The molecule has 0 aromatic rings. The van der Waals surface area contributed by atoms with Crippen molar-refractivity contribution < 1.29 is 4.92 Å². The van der Waals surface area contributed by atoms with Gasteiger partial charge >= 0.3 is 0 Å². The summed E-state index contributed by atoms with van der Waals surface area (Å²) in [6, 6.07) is 0. The molecule has 1 rings (SSSR count). The second kappa shape index (κ2) is 3.24. The van der Waals surface area contributed by atoms with Crippen molar-refractivity contribution in [2.75, 3.05) is 27.2 Å². The molecule has 0 bridgehead atoms. The third-order valence-electron chi connectivity index (χ3n) is 2.20. The zero-order valence-electron chi connectivity index (χ0n) is 8.23. The van der Waals surface area contributed by atoms with Crippen LogP contribution in [0.25, 0.3) is 0 Å². The van der Waals surface area contributed by atoms with Crippen molar-refractivity contribution in [2.24, 2.45) is 0 Å². The molecule has 0 unspecified atom stereocenters. The van der Waals surface area contributed by atoms with Gasteiger partial charge in [0.05, 0.1) is 13.1 Å². The highest BCUT2D eigenvalue weighted by molar-refractivity contribution is 4.93. The van der Waals surface area contributed by atoms with Crippen LogP contribution in [0.4, 0.5) is 0 Å². The van der Waals surface area contributed by atoms with Crippen LogP contribution >= 0.6 is 0 Å². The quantitative estimate of drug-likeness (QED) is 0.437. The Morgan fingerprint density at radius 2 is 1.69 bits per heavy atom. The average Bonchev–Trinajstić information content (AvgIpc) is 2.11. The average molecular weight is 185 g/mol. The first-order valence-electron chi connectivity index (χ1n) is 4.17. The molecule has 0 fully saturated rings. The Morgan fingerprint density at radius 3 is 2.00 bits per heavy atom. The number of hydrogen-bond donors (Lipinski definition) is 0. The number of nitro groups is 1. The minimum absolute atomic E-state index is 0.201. The summed E-state index contributed by atoms with van der Waals surface area (Å²) in [6.45, 7) is 2.56. The number of rotatable bonds is 1. The molecular formula is C8H15N3O2. The fourth-order valence-corrected chi connectivity index (χ4v) is 1.57. The molecule has 0 aromatic heterocycles. The van der Waals surface area contributed by atoms with Gasteiger partial charge in [0.2, 0.25) is 0 Å². The van der Waals surface area contributed by atoms with E-state index in [4.69, 9.17) is 0 Å². The highest BCUT2D eigenvalue weighted by Crippen LogP contribution is 2.15. The fraction of sp³-hybridized carbons (Fsp3) is 0.750. The topological polar surface area (TPSA) is 49.6 Å². The van der Waals surface area contributed by atoms with E-state index in [1.807, 2.05) is 36.3 Å². The standard InChI is InChI=1S/C8H15N3O2/c1-8(11(12)13)6-9(2)4-5-10(3)7-8/h4-5H,6-7H2,1-3H3. The highest BCUT2D eigenvalue weighted by atomic mass is 16.6. The van der Waals surface area contributed by atoms with Gasteiger partial charge in [0.1, 0.15) is 0 Å². The van der Waals surface area contributed by atoms with Gasteiger partial charge in [-0.15, -0.1) is 0 Å². The molecule has 0 saturated carbocycles. The summed E-state index contributed by atoms with van der Waals surface area (Å²) in [6.07, 6.45) is 3.71. The Hall–Kier alpha value is -1.26. The van der Waals surface area contributed by atoms with Gasteiger partial charge in [0.25, 0.3) is 5.54 Å². The molecule has 1 aliphatic heterocycles. The predicted octanol–water partition coefficient (Wildman–Crippen LogP) is 0.370. The second-order valence-electron chi connectivity index (χ2n) is 3.88. The van der Waals surface area contributed by atoms with E-state index in [-0.39, 0.29) is 4.92 Å². The third kappa shape index (κ3) is 2.11. The van der Waals surface area contributed by atoms with Crippen molar-refractivity contribution >= 4 is 0 Å². The SMILES string of the molecule is CN1C=CN(C)CC(C)([N+](=O)[O-])C1. The Kier molecular flexibility index (Phi) is 2.45. The molecule has 0 saturated heterocycles. The van der Waals surface area contributed by atoms with Gasteiger partial charge < -0.3 is 9.80 Å². The van der Waals surface area contributed by atoms with Crippen LogP contribution in [0.2, 0.25) is 0 Å². The normalized spacial score (nSPS) is 21.5. The Labute approximate surface area is 77.8 Å². The van der Waals surface area contributed by atoms with Crippen molar-refractivity contribution in [2.45, 2.75) is 12.5 Å². The maximum Gasteiger partial charge on any atom is 0.253 e. The van der Waals surface area contributed by atoms with Gasteiger partial charge in [-0.25, -0.2) is 0 Å². The Bertz CT molecular complexity index is 226. The van der Waals surface area contributed by atoms with E-state index in [1.54, 1.807) is 6.92 Å². The number of hydrogen-bond acceptors (Lipinski definition) is 4. The summed E-state index contributed by atoms with van der Waals surface area (Å²) >= 11 is 0. The van der Waals surface area contributed by atoms with Crippen molar-refractivity contribution in [1.29, 1.82) is 0 Å². The molecule has 1 heterocycles. The summed E-state index contributed by atoms with van der Waals surface area (Å²) in [5.74, 6) is 0. The second-order valence-corrected chi connectivity index (χ2v) is 3.88. The lowest BCUT2D eigenvalue weighted by Gasteiger charge is -2.25. The summed E-state index contributed by atoms with van der Waals surface area (Å²) in [4.78, 5) is 14.3. The molecular weight excluding hydrogens is 170 g/mol. The van der Waals surface area contributed by atoms with E-state index in [2.05, 4.69) is 0 Å². The van der Waals surface area contributed by atoms with Crippen LogP contribution in [-0.2, 0) is 0 Å². The Balaban J connectivity index is 2.84. The maximum atomic E-state index is 10.8. The van der Waals surface area contributed by atoms with Gasteiger partial charge in [-0.2, -0.15) is 0 Å². The lowest BCUT2D eigenvalue weighted by Crippen LogP contribution is -2.49. The van der Waals surface area contributed by atoms with Crippen LogP contribution in [0, 0.1) is 10.1 Å². The summed E-state index contributed by atoms with van der Waals surface area (Å²) in [7, 11) is 3.69. The summed E-state index contributed by atoms with van der Waals surface area (Å²) in [5.41, 5.74) is -0.882. The first-order chi connectivity index (χ1) is 5.94. The van der Waals surface area contributed by atoms with Crippen LogP contribution in [-0.4, -0.2) is 47.4 Å². The van der Waals surface area contributed by atoms with Crippen LogP contribution < -0.4 is 0 Å². The third-order valence-corrected chi connectivity index (χ3v) is 2.20. The Morgan fingerprint density at radius 1 is 1.31 bits per heavy atom. The molecule has 0 amide bonds. The van der Waals surface area contributed by atoms with Gasteiger partial charge in [-0.1, -0.05) is 0 Å². The lowest BCUT2D eigenvalue weighted by molar-refractivity contribution is -0.564. The molecule has 0 spiro atoms. The first kappa shape index (κ1) is 9.83. The van der Waals surface area contributed by atoms with Crippen molar-refractivity contribution in [3.05, 3.63) is 22.5 Å². The number of nitrogens with zero attached hydrogens (tertiary/aromatic N) is 3. The zero-order valence-corrected chi connectivity index (χ0v) is 8.23. The number of likely N-dealkylation sites (N-methyl/N-ethyl adjacent to an activating group) is 2. The zero-order chi connectivity index (χ0) is 10.1. The van der Waals surface area contributed by atoms with E-state index in [0.29, 0.717) is 13.1 Å². The summed E-state index contributed by atoms with van der Waals surface area (Å²) < 4.78 is 0. The van der Waals surface area contributed by atoms with Gasteiger partial charge in [0, 0.05) is 38.3 Å². The van der Waals surface area contributed by atoms with Gasteiger partial charge in [-0.3, -0.25) is 10.1 Å². The smallest absolute Gasteiger partial charge is 0.253 e. The molecule has 1 aliphatic rings. The van der Waals surface area contributed by atoms with Crippen LogP contribution in [0.1, 0.15) is 6.92 Å². The van der Waals surface area contributed by atoms with Crippen LogP contribution in [0.3, 0.4) is 0 Å². The van der Waals surface area contributed by atoms with Crippen molar-refractivity contribution in [3.63, 3.8) is 0 Å². The fourth-order valence-electron chi connectivity index (χ4n) is 1.57. The van der Waals surface area contributed by atoms with Gasteiger partial charge in [-0.05, 0) is 0 Å². The van der Waals surface area contributed by atoms with E-state index < -0.39 is 5.54 Å². The molecule has 13 heavy (non-hydrogen) atoms. The minimum atomic E-state index is -0.882. The first-order valence-corrected chi connectivity index (χ1v) is 4.17. The molecule has 5 heteroatoms.